The summed E-state index contributed by atoms with van der Waals surface area (Å²) < 4.78 is 13.4. The summed E-state index contributed by atoms with van der Waals surface area (Å²) in [7, 11) is 0. The van der Waals surface area contributed by atoms with Crippen molar-refractivity contribution in [1.82, 2.24) is 29.6 Å². The van der Waals surface area contributed by atoms with Gasteiger partial charge in [0.15, 0.2) is 5.65 Å². The van der Waals surface area contributed by atoms with Gasteiger partial charge >= 0.3 is 5.69 Å². The lowest BCUT2D eigenvalue weighted by Gasteiger charge is -2.10. The molecule has 1 aromatic carbocycles. The minimum atomic E-state index is -0.424. The van der Waals surface area contributed by atoms with Crippen LogP contribution >= 0.6 is 0 Å². The second-order valence-corrected chi connectivity index (χ2v) is 7.78. The quantitative estimate of drug-likeness (QED) is 0.492. The molecule has 4 aromatic rings. The fourth-order valence-electron chi connectivity index (χ4n) is 3.69. The minimum absolute atomic E-state index is 0.0311. The van der Waals surface area contributed by atoms with Gasteiger partial charge in [-0.15, -0.1) is 5.10 Å². The van der Waals surface area contributed by atoms with Crippen LogP contribution in [0, 0.1) is 6.92 Å². The fraction of sp³-hybridized carbons (Fsp3) is 0.318. The Hall–Kier alpha value is -3.79. The van der Waals surface area contributed by atoms with E-state index in [0.29, 0.717) is 23.6 Å². The molecule has 3 aromatic heterocycles. The Morgan fingerprint density at radius 1 is 1.25 bits per heavy atom. The maximum absolute atomic E-state index is 12.8. The number of ether oxygens (including phenoxy) is 1. The smallest absolute Gasteiger partial charge is 0.350 e. The van der Waals surface area contributed by atoms with E-state index in [1.54, 1.807) is 18.3 Å². The second kappa shape index (κ2) is 8.39. The summed E-state index contributed by atoms with van der Waals surface area (Å²) in [6.45, 7) is 2.96. The van der Waals surface area contributed by atoms with Crippen molar-refractivity contribution in [3.05, 3.63) is 58.6 Å². The molecule has 1 fully saturated rings. The topological polar surface area (TPSA) is 117 Å². The molecule has 1 aliphatic rings. The van der Waals surface area contributed by atoms with Crippen molar-refractivity contribution in [3.63, 3.8) is 0 Å². The molecule has 164 valence electrons. The van der Waals surface area contributed by atoms with Gasteiger partial charge in [0.05, 0.1) is 11.7 Å². The molecule has 1 amide bonds. The van der Waals surface area contributed by atoms with Gasteiger partial charge in [0, 0.05) is 24.9 Å². The maximum atomic E-state index is 12.8. The van der Waals surface area contributed by atoms with Crippen LogP contribution in [0.15, 0.2) is 51.9 Å². The van der Waals surface area contributed by atoms with Crippen molar-refractivity contribution in [1.29, 1.82) is 0 Å². The normalized spacial score (nSPS) is 16.0. The zero-order valence-corrected chi connectivity index (χ0v) is 17.5. The van der Waals surface area contributed by atoms with Gasteiger partial charge in [0.1, 0.15) is 6.54 Å². The molecule has 0 unspecified atom stereocenters. The summed E-state index contributed by atoms with van der Waals surface area (Å²) in [5.41, 5.74) is 2.38. The molecule has 1 aliphatic heterocycles. The predicted molar refractivity (Wildman–Crippen MR) is 115 cm³/mol. The highest BCUT2D eigenvalue weighted by Crippen LogP contribution is 2.24. The van der Waals surface area contributed by atoms with Crippen molar-refractivity contribution in [2.75, 3.05) is 13.2 Å². The molecule has 5 rings (SSSR count). The average Bonchev–Trinajstić information content (AvgIpc) is 3.55. The van der Waals surface area contributed by atoms with Gasteiger partial charge in [-0.05, 0) is 31.9 Å². The highest BCUT2D eigenvalue weighted by Gasteiger charge is 2.20. The fourth-order valence-corrected chi connectivity index (χ4v) is 3.69. The van der Waals surface area contributed by atoms with Crippen LogP contribution in [-0.4, -0.2) is 49.5 Å². The molecule has 4 heterocycles. The van der Waals surface area contributed by atoms with Gasteiger partial charge in [0.2, 0.25) is 11.7 Å². The zero-order valence-electron chi connectivity index (χ0n) is 17.5. The van der Waals surface area contributed by atoms with Crippen LogP contribution in [0.3, 0.4) is 0 Å². The van der Waals surface area contributed by atoms with Crippen molar-refractivity contribution >= 4 is 11.6 Å². The lowest BCUT2D eigenvalue weighted by atomic mass is 10.1. The molecule has 0 saturated carbocycles. The molecule has 0 radical (unpaired) electrons. The van der Waals surface area contributed by atoms with Gasteiger partial charge in [-0.3, -0.25) is 4.79 Å². The number of aryl methyl sites for hydroxylation is 1. The molecule has 0 spiro atoms. The minimum Gasteiger partial charge on any atom is -0.376 e. The first kappa shape index (κ1) is 20.1. The Kier molecular flexibility index (Phi) is 5.28. The maximum Gasteiger partial charge on any atom is 0.350 e. The number of carbonyl (C=O) groups excluding carboxylic acids is 1. The van der Waals surface area contributed by atoms with E-state index in [9.17, 15) is 9.59 Å². The van der Waals surface area contributed by atoms with E-state index in [2.05, 4.69) is 20.6 Å². The third-order valence-electron chi connectivity index (χ3n) is 5.42. The highest BCUT2D eigenvalue weighted by molar-refractivity contribution is 5.76. The molecular formula is C22H22N6O4. The Bertz CT molecular complexity index is 1310. The number of hydrogen-bond donors (Lipinski definition) is 1. The van der Waals surface area contributed by atoms with Gasteiger partial charge in [-0.1, -0.05) is 35.0 Å². The number of amides is 1. The van der Waals surface area contributed by atoms with E-state index in [1.807, 2.05) is 31.2 Å². The van der Waals surface area contributed by atoms with Crippen molar-refractivity contribution in [2.24, 2.45) is 0 Å². The standard InChI is InChI=1S/C22H22N6O4/c1-14-6-8-15(9-7-14)19-24-21(32-26-19)17-5-2-10-27-20(17)25-28(22(27)30)13-18(29)23-12-16-4-3-11-31-16/h2,5-10,16H,3-4,11-13H2,1H3,(H,23,29)/t16-/m0/s1. The Labute approximate surface area is 182 Å². The van der Waals surface area contributed by atoms with Gasteiger partial charge in [-0.25, -0.2) is 13.9 Å². The number of hydrogen-bond acceptors (Lipinski definition) is 7. The van der Waals surface area contributed by atoms with E-state index in [4.69, 9.17) is 9.26 Å². The SMILES string of the molecule is Cc1ccc(-c2noc(-c3cccn4c(=O)n(CC(=O)NC[C@@H]5CCCO5)nc34)n2)cc1. The first-order valence-electron chi connectivity index (χ1n) is 10.5. The first-order chi connectivity index (χ1) is 15.6. The van der Waals surface area contributed by atoms with E-state index >= 15 is 0 Å². The van der Waals surface area contributed by atoms with Crippen LogP contribution in [0.4, 0.5) is 0 Å². The molecule has 1 atom stereocenters. The molecule has 1 saturated heterocycles. The summed E-state index contributed by atoms with van der Waals surface area (Å²) in [6.07, 6.45) is 3.54. The third kappa shape index (κ3) is 3.92. The predicted octanol–water partition coefficient (Wildman–Crippen LogP) is 1.82. The summed E-state index contributed by atoms with van der Waals surface area (Å²) in [6, 6.07) is 11.2. The van der Waals surface area contributed by atoms with Crippen LogP contribution in [0.25, 0.3) is 28.5 Å². The van der Waals surface area contributed by atoms with Crippen molar-refractivity contribution in [3.8, 4) is 22.8 Å². The van der Waals surface area contributed by atoms with Crippen LogP contribution in [0.5, 0.6) is 0 Å². The number of nitrogens with zero attached hydrogens (tertiary/aromatic N) is 5. The van der Waals surface area contributed by atoms with Gasteiger partial charge < -0.3 is 14.6 Å². The molecular weight excluding hydrogens is 412 g/mol. The molecule has 10 heteroatoms. The van der Waals surface area contributed by atoms with Crippen LogP contribution < -0.4 is 11.0 Å². The van der Waals surface area contributed by atoms with Crippen LogP contribution in [0.1, 0.15) is 18.4 Å². The number of benzene rings is 1. The van der Waals surface area contributed by atoms with E-state index in [-0.39, 0.29) is 24.4 Å². The average molecular weight is 434 g/mol. The lowest BCUT2D eigenvalue weighted by Crippen LogP contribution is -2.36. The summed E-state index contributed by atoms with van der Waals surface area (Å²) in [4.78, 5) is 29.5. The van der Waals surface area contributed by atoms with Gasteiger partial charge in [0.25, 0.3) is 5.89 Å². The number of carbonyl (C=O) groups is 1. The monoisotopic (exact) mass is 434 g/mol. The van der Waals surface area contributed by atoms with E-state index in [1.165, 1.54) is 4.40 Å². The second-order valence-electron chi connectivity index (χ2n) is 7.78. The van der Waals surface area contributed by atoms with Crippen LogP contribution in [0.2, 0.25) is 0 Å². The number of nitrogens with one attached hydrogen (secondary N) is 1. The molecule has 32 heavy (non-hydrogen) atoms. The molecule has 0 aliphatic carbocycles. The Balaban J connectivity index is 1.40. The largest absolute Gasteiger partial charge is 0.376 e. The lowest BCUT2D eigenvalue weighted by molar-refractivity contribution is -0.122. The molecule has 1 N–H and O–H groups in total. The third-order valence-corrected chi connectivity index (χ3v) is 5.42. The summed E-state index contributed by atoms with van der Waals surface area (Å²) in [5.74, 6) is 0.385. The number of pyridine rings is 1. The number of fused-ring (bicyclic) bond motifs is 1. The van der Waals surface area contributed by atoms with E-state index < -0.39 is 5.69 Å². The summed E-state index contributed by atoms with van der Waals surface area (Å²) >= 11 is 0. The van der Waals surface area contributed by atoms with Gasteiger partial charge in [-0.2, -0.15) is 4.98 Å². The first-order valence-corrected chi connectivity index (χ1v) is 10.5. The summed E-state index contributed by atoms with van der Waals surface area (Å²) in [5, 5.41) is 11.2. The highest BCUT2D eigenvalue weighted by atomic mass is 16.5. The Morgan fingerprint density at radius 3 is 2.88 bits per heavy atom. The molecule has 10 nitrogen and oxygen atoms in total. The number of rotatable bonds is 6. The van der Waals surface area contributed by atoms with Crippen LogP contribution in [-0.2, 0) is 16.1 Å². The van der Waals surface area contributed by atoms with E-state index in [0.717, 1.165) is 35.3 Å². The van der Waals surface area contributed by atoms with Crippen molar-refractivity contribution < 1.29 is 14.1 Å². The molecule has 0 bridgehead atoms. The Morgan fingerprint density at radius 2 is 2.09 bits per heavy atom. The van der Waals surface area contributed by atoms with Crippen molar-refractivity contribution in [2.45, 2.75) is 32.4 Å². The number of aromatic nitrogens is 5. The zero-order chi connectivity index (χ0) is 22.1.